The predicted molar refractivity (Wildman–Crippen MR) is 82.0 cm³/mol. The lowest BCUT2D eigenvalue weighted by Gasteiger charge is -2.23. The predicted octanol–water partition coefficient (Wildman–Crippen LogP) is 2.32. The number of aliphatic imine (C=N–C) groups is 1. The molecule has 0 saturated carbocycles. The van der Waals surface area contributed by atoms with E-state index in [1.807, 2.05) is 12.3 Å². The van der Waals surface area contributed by atoms with Crippen LogP contribution >= 0.6 is 0 Å². The molecule has 4 rings (SSSR count). The number of hydrogen-bond acceptors (Lipinski definition) is 4. The van der Waals surface area contributed by atoms with Crippen LogP contribution in [0.1, 0.15) is 18.1 Å². The Labute approximate surface area is 123 Å². The van der Waals surface area contributed by atoms with Crippen molar-refractivity contribution in [2.75, 3.05) is 0 Å². The summed E-state index contributed by atoms with van der Waals surface area (Å²) in [7, 11) is 0. The number of aromatic nitrogens is 1. The summed E-state index contributed by atoms with van der Waals surface area (Å²) in [6.07, 6.45) is 5.48. The Morgan fingerprint density at radius 2 is 2.14 bits per heavy atom. The van der Waals surface area contributed by atoms with E-state index in [2.05, 4.69) is 41.2 Å². The maximum atomic E-state index is 5.78. The first-order valence-electron chi connectivity index (χ1n) is 7.21. The Balaban J connectivity index is 1.81. The van der Waals surface area contributed by atoms with E-state index < -0.39 is 0 Å². The van der Waals surface area contributed by atoms with Gasteiger partial charge in [0.15, 0.2) is 0 Å². The van der Waals surface area contributed by atoms with E-state index in [0.717, 1.165) is 18.4 Å². The Morgan fingerprint density at radius 3 is 2.86 bits per heavy atom. The summed E-state index contributed by atoms with van der Waals surface area (Å²) in [6, 6.07) is 10.8. The maximum absolute atomic E-state index is 5.78. The van der Waals surface area contributed by atoms with Gasteiger partial charge in [0.25, 0.3) is 6.02 Å². The van der Waals surface area contributed by atoms with Gasteiger partial charge in [0.1, 0.15) is 11.6 Å². The minimum Gasteiger partial charge on any atom is -0.460 e. The molecule has 106 valence electrons. The third kappa shape index (κ3) is 1.82. The first-order valence-corrected chi connectivity index (χ1v) is 7.21. The van der Waals surface area contributed by atoms with Gasteiger partial charge in [-0.05, 0) is 29.7 Å². The molecule has 2 N–H and O–H groups in total. The van der Waals surface area contributed by atoms with Crippen molar-refractivity contribution >= 4 is 6.02 Å². The van der Waals surface area contributed by atoms with Crippen molar-refractivity contribution in [2.24, 2.45) is 10.7 Å². The highest BCUT2D eigenvalue weighted by atomic mass is 16.5. The molecule has 4 nitrogen and oxygen atoms in total. The van der Waals surface area contributed by atoms with Crippen LogP contribution in [0.3, 0.4) is 0 Å². The van der Waals surface area contributed by atoms with Crippen LogP contribution in [-0.2, 0) is 17.6 Å². The minimum atomic E-state index is -0.231. The first-order chi connectivity index (χ1) is 10.2. The third-order valence-corrected chi connectivity index (χ3v) is 4.61. The van der Waals surface area contributed by atoms with Crippen molar-refractivity contribution in [1.29, 1.82) is 0 Å². The molecule has 2 aromatic rings. The molecule has 4 heteroatoms. The lowest BCUT2D eigenvalue weighted by Crippen LogP contribution is -2.36. The van der Waals surface area contributed by atoms with Crippen LogP contribution in [0.25, 0.3) is 11.1 Å². The van der Waals surface area contributed by atoms with Gasteiger partial charge in [0.05, 0.1) is 0 Å². The first kappa shape index (κ1) is 12.4. The van der Waals surface area contributed by atoms with Crippen molar-refractivity contribution in [2.45, 2.75) is 31.4 Å². The van der Waals surface area contributed by atoms with Crippen molar-refractivity contribution < 1.29 is 4.74 Å². The quantitative estimate of drug-likeness (QED) is 0.871. The van der Waals surface area contributed by atoms with Gasteiger partial charge in [-0.15, -0.1) is 0 Å². The highest BCUT2D eigenvalue weighted by molar-refractivity contribution is 5.76. The van der Waals surface area contributed by atoms with Crippen molar-refractivity contribution in [3.63, 3.8) is 0 Å². The summed E-state index contributed by atoms with van der Waals surface area (Å²) in [6.45, 7) is 2.05. The van der Waals surface area contributed by atoms with Gasteiger partial charge in [0.2, 0.25) is 0 Å². The zero-order chi connectivity index (χ0) is 14.4. The fourth-order valence-electron chi connectivity index (χ4n) is 3.49. The van der Waals surface area contributed by atoms with Crippen molar-refractivity contribution in [3.05, 3.63) is 53.9 Å². The standard InChI is InChI=1S/C17H17N3O/c1-11-17(20-16(18)21-11)8-12-4-2-6-14(15(12)9-17)13-5-3-7-19-10-13/h2-7,10-11H,8-9H2,1H3,(H2,18,20)/t11-,17-/m1/s1. The average Bonchev–Trinajstić information content (AvgIpc) is 2.99. The maximum Gasteiger partial charge on any atom is 0.282 e. The largest absolute Gasteiger partial charge is 0.460 e. The fourth-order valence-corrected chi connectivity index (χ4v) is 3.49. The van der Waals surface area contributed by atoms with E-state index in [1.165, 1.54) is 16.7 Å². The Kier molecular flexibility index (Phi) is 2.55. The SMILES string of the molecule is C[C@H]1OC(N)=N[C@@]12Cc1cccc(-c3cccnc3)c1C2. The monoisotopic (exact) mass is 279 g/mol. The number of hydrogen-bond donors (Lipinski definition) is 1. The number of nitrogens with two attached hydrogens (primary N) is 1. The van der Waals surface area contributed by atoms with Gasteiger partial charge in [0, 0.05) is 30.8 Å². The zero-order valence-corrected chi connectivity index (χ0v) is 11.9. The summed E-state index contributed by atoms with van der Waals surface area (Å²) < 4.78 is 5.59. The molecule has 0 saturated heterocycles. The van der Waals surface area contributed by atoms with E-state index in [-0.39, 0.29) is 11.6 Å². The van der Waals surface area contributed by atoms with Crippen LogP contribution < -0.4 is 5.73 Å². The second-order valence-corrected chi connectivity index (χ2v) is 5.85. The number of fused-ring (bicyclic) bond motifs is 1. The van der Waals surface area contributed by atoms with Gasteiger partial charge in [-0.2, -0.15) is 0 Å². The molecule has 2 aliphatic rings. The molecule has 0 fully saturated rings. The van der Waals surface area contributed by atoms with Crippen LogP contribution in [0.2, 0.25) is 0 Å². The lowest BCUT2D eigenvalue weighted by molar-refractivity contribution is 0.157. The second-order valence-electron chi connectivity index (χ2n) is 5.85. The van der Waals surface area contributed by atoms with Gasteiger partial charge in [-0.1, -0.05) is 24.3 Å². The minimum absolute atomic E-state index is 0.0200. The Bertz CT molecular complexity index is 726. The highest BCUT2D eigenvalue weighted by Gasteiger charge is 2.48. The zero-order valence-electron chi connectivity index (χ0n) is 11.9. The number of amidine groups is 1. The lowest BCUT2D eigenvalue weighted by atomic mass is 9.90. The van der Waals surface area contributed by atoms with E-state index in [9.17, 15) is 0 Å². The summed E-state index contributed by atoms with van der Waals surface area (Å²) in [5.41, 5.74) is 10.6. The second kappa shape index (κ2) is 4.32. The number of rotatable bonds is 1. The van der Waals surface area contributed by atoms with E-state index in [0.29, 0.717) is 6.02 Å². The molecule has 0 radical (unpaired) electrons. The van der Waals surface area contributed by atoms with Crippen molar-refractivity contribution in [1.82, 2.24) is 4.98 Å². The van der Waals surface area contributed by atoms with Gasteiger partial charge in [-0.25, -0.2) is 4.99 Å². The normalized spacial score (nSPS) is 26.5. The molecule has 2 atom stereocenters. The molecule has 1 aliphatic heterocycles. The summed E-state index contributed by atoms with van der Waals surface area (Å²) in [4.78, 5) is 8.84. The topological polar surface area (TPSA) is 60.5 Å². The van der Waals surface area contributed by atoms with Crippen LogP contribution in [0.4, 0.5) is 0 Å². The van der Waals surface area contributed by atoms with E-state index in [1.54, 1.807) is 6.20 Å². The number of pyridine rings is 1. The molecule has 0 amide bonds. The molecule has 21 heavy (non-hydrogen) atoms. The summed E-state index contributed by atoms with van der Waals surface area (Å²) in [5, 5.41) is 0. The molecule has 0 unspecified atom stereocenters. The molecule has 1 aromatic heterocycles. The molecular weight excluding hydrogens is 262 g/mol. The molecule has 1 spiro atoms. The number of benzene rings is 1. The molecule has 1 aliphatic carbocycles. The number of ether oxygens (including phenoxy) is 1. The van der Waals surface area contributed by atoms with Crippen molar-refractivity contribution in [3.8, 4) is 11.1 Å². The molecule has 0 bridgehead atoms. The Morgan fingerprint density at radius 1 is 1.24 bits per heavy atom. The summed E-state index contributed by atoms with van der Waals surface area (Å²) in [5.74, 6) is 0. The van der Waals surface area contributed by atoms with Crippen LogP contribution in [0.5, 0.6) is 0 Å². The van der Waals surface area contributed by atoms with E-state index in [4.69, 9.17) is 10.5 Å². The fraction of sp³-hybridized carbons (Fsp3) is 0.294. The smallest absolute Gasteiger partial charge is 0.282 e. The van der Waals surface area contributed by atoms with Crippen LogP contribution in [-0.4, -0.2) is 22.6 Å². The molecule has 2 heterocycles. The average molecular weight is 279 g/mol. The van der Waals surface area contributed by atoms with Gasteiger partial charge in [-0.3, -0.25) is 4.98 Å². The van der Waals surface area contributed by atoms with E-state index >= 15 is 0 Å². The van der Waals surface area contributed by atoms with Crippen LogP contribution in [0.15, 0.2) is 47.7 Å². The third-order valence-electron chi connectivity index (χ3n) is 4.61. The van der Waals surface area contributed by atoms with Crippen LogP contribution in [0, 0.1) is 0 Å². The molecular formula is C17H17N3O. The number of nitrogens with zero attached hydrogens (tertiary/aromatic N) is 2. The van der Waals surface area contributed by atoms with Gasteiger partial charge >= 0.3 is 0 Å². The summed E-state index contributed by atoms with van der Waals surface area (Å²) >= 11 is 0. The Hall–Kier alpha value is -2.36. The highest BCUT2D eigenvalue weighted by Crippen LogP contribution is 2.43. The molecule has 1 aromatic carbocycles. The van der Waals surface area contributed by atoms with Gasteiger partial charge < -0.3 is 10.5 Å².